The fraction of sp³-hybridized carbons (Fsp3) is 1.00. The summed E-state index contributed by atoms with van der Waals surface area (Å²) in [5.74, 6) is 0. The van der Waals surface area contributed by atoms with Crippen LogP contribution in [0.15, 0.2) is 0 Å². The first-order valence-corrected chi connectivity index (χ1v) is 2.89. The van der Waals surface area contributed by atoms with E-state index in [4.69, 9.17) is 20.7 Å². The van der Waals surface area contributed by atoms with Gasteiger partial charge in [0.05, 0.1) is 19.8 Å². The lowest BCUT2D eigenvalue weighted by molar-refractivity contribution is 0.0623. The Kier molecular flexibility index (Phi) is 5.86. The van der Waals surface area contributed by atoms with Crippen LogP contribution in [0.25, 0.3) is 0 Å². The molecule has 4 heteroatoms. The van der Waals surface area contributed by atoms with Crippen LogP contribution in [0.5, 0.6) is 0 Å². The molecule has 0 aliphatic carbocycles. The third-order valence-corrected chi connectivity index (χ3v) is 0.794. The lowest BCUT2D eigenvalue weighted by Gasteiger charge is -2.03. The fourth-order valence-electron chi connectivity index (χ4n) is 0.371. The van der Waals surface area contributed by atoms with Crippen molar-refractivity contribution in [3.05, 3.63) is 0 Å². The van der Waals surface area contributed by atoms with Gasteiger partial charge in [-0.3, -0.25) is 0 Å². The molecule has 0 aromatic heterocycles. The summed E-state index contributed by atoms with van der Waals surface area (Å²) < 4.78 is 4.80. The van der Waals surface area contributed by atoms with Crippen LogP contribution in [0.3, 0.4) is 0 Å². The van der Waals surface area contributed by atoms with E-state index < -0.39 is 6.23 Å². The molecule has 9 heavy (non-hydrogen) atoms. The van der Waals surface area contributed by atoms with Gasteiger partial charge in [0, 0.05) is 6.42 Å². The minimum absolute atomic E-state index is 0.0146. The molecule has 0 aromatic rings. The van der Waals surface area contributed by atoms with E-state index in [1.165, 1.54) is 0 Å². The quantitative estimate of drug-likeness (QED) is 0.322. The van der Waals surface area contributed by atoms with Crippen molar-refractivity contribution in [1.29, 1.82) is 0 Å². The van der Waals surface area contributed by atoms with Gasteiger partial charge < -0.3 is 20.7 Å². The summed E-state index contributed by atoms with van der Waals surface area (Å²) >= 11 is 0. The number of ether oxygens (including phenoxy) is 1. The Morgan fingerprint density at radius 2 is 2.11 bits per heavy atom. The Balaban J connectivity index is 2.75. The van der Waals surface area contributed by atoms with Gasteiger partial charge in [-0.1, -0.05) is 0 Å². The molecule has 0 saturated heterocycles. The minimum Gasteiger partial charge on any atom is -0.394 e. The number of hydrogen-bond acceptors (Lipinski definition) is 4. The third-order valence-electron chi connectivity index (χ3n) is 0.794. The summed E-state index contributed by atoms with van der Waals surface area (Å²) in [7, 11) is 0. The van der Waals surface area contributed by atoms with Crippen molar-refractivity contribution >= 4 is 0 Å². The van der Waals surface area contributed by atoms with Gasteiger partial charge in [0.15, 0.2) is 0 Å². The van der Waals surface area contributed by atoms with Gasteiger partial charge in [-0.25, -0.2) is 0 Å². The zero-order valence-electron chi connectivity index (χ0n) is 5.29. The summed E-state index contributed by atoms with van der Waals surface area (Å²) in [6, 6.07) is 0. The first kappa shape index (κ1) is 8.84. The van der Waals surface area contributed by atoms with Crippen LogP contribution < -0.4 is 5.73 Å². The fourth-order valence-corrected chi connectivity index (χ4v) is 0.371. The van der Waals surface area contributed by atoms with Gasteiger partial charge >= 0.3 is 0 Å². The molecule has 56 valence electrons. The van der Waals surface area contributed by atoms with Gasteiger partial charge in [0.2, 0.25) is 0 Å². The Morgan fingerprint density at radius 1 is 1.44 bits per heavy atom. The highest BCUT2D eigenvalue weighted by Gasteiger charge is 1.93. The normalized spacial score (nSPS) is 13.7. The second-order valence-corrected chi connectivity index (χ2v) is 1.69. The molecule has 0 rings (SSSR count). The highest BCUT2D eigenvalue weighted by molar-refractivity contribution is 4.41. The highest BCUT2D eigenvalue weighted by atomic mass is 16.5. The van der Waals surface area contributed by atoms with Gasteiger partial charge in [0.1, 0.15) is 6.23 Å². The summed E-state index contributed by atoms with van der Waals surface area (Å²) in [6.07, 6.45) is -0.385. The number of aliphatic hydroxyl groups excluding tert-OH is 2. The summed E-state index contributed by atoms with van der Waals surface area (Å²) in [4.78, 5) is 0. The molecule has 1 unspecified atom stereocenters. The minimum atomic E-state index is -0.802. The molecule has 0 aliphatic heterocycles. The molecule has 0 aliphatic rings. The SMILES string of the molecule is NC(O)CCOCCO. The second kappa shape index (κ2) is 5.97. The largest absolute Gasteiger partial charge is 0.394 e. The zero-order chi connectivity index (χ0) is 7.11. The average molecular weight is 135 g/mol. The van der Waals surface area contributed by atoms with E-state index in [2.05, 4.69) is 0 Å². The molecule has 0 amide bonds. The average Bonchev–Trinajstić information content (AvgIpc) is 1.80. The monoisotopic (exact) mass is 135 g/mol. The van der Waals surface area contributed by atoms with E-state index in [1.807, 2.05) is 0 Å². The molecule has 0 heterocycles. The molecule has 0 aromatic carbocycles. The van der Waals surface area contributed by atoms with Crippen molar-refractivity contribution in [2.75, 3.05) is 19.8 Å². The third kappa shape index (κ3) is 7.84. The molecule has 0 radical (unpaired) electrons. The standard InChI is InChI=1S/C5H13NO3/c6-5(8)1-3-9-4-2-7/h5,7-8H,1-4,6H2. The first-order valence-electron chi connectivity index (χ1n) is 2.89. The molecule has 0 bridgehead atoms. The van der Waals surface area contributed by atoms with Crippen molar-refractivity contribution in [2.45, 2.75) is 12.6 Å². The number of rotatable bonds is 5. The van der Waals surface area contributed by atoms with Crippen LogP contribution in [0, 0.1) is 0 Å². The maximum Gasteiger partial charge on any atom is 0.104 e. The predicted molar refractivity (Wildman–Crippen MR) is 32.7 cm³/mol. The van der Waals surface area contributed by atoms with Crippen molar-refractivity contribution in [1.82, 2.24) is 0 Å². The molecular weight excluding hydrogens is 122 g/mol. The molecule has 4 nitrogen and oxygen atoms in total. The molecular formula is C5H13NO3. The van der Waals surface area contributed by atoms with Crippen LogP contribution in [0.4, 0.5) is 0 Å². The van der Waals surface area contributed by atoms with Crippen molar-refractivity contribution in [3.63, 3.8) is 0 Å². The number of nitrogens with two attached hydrogens (primary N) is 1. The summed E-state index contributed by atoms with van der Waals surface area (Å²) in [5.41, 5.74) is 4.99. The summed E-state index contributed by atoms with van der Waals surface area (Å²) in [5, 5.41) is 16.7. The lowest BCUT2D eigenvalue weighted by atomic mass is 10.4. The van der Waals surface area contributed by atoms with Gasteiger partial charge in [-0.15, -0.1) is 0 Å². The van der Waals surface area contributed by atoms with Crippen molar-refractivity contribution in [3.8, 4) is 0 Å². The number of aliphatic hydroxyl groups is 2. The first-order chi connectivity index (χ1) is 4.27. The van der Waals surface area contributed by atoms with E-state index in [0.29, 0.717) is 19.6 Å². The van der Waals surface area contributed by atoms with Gasteiger partial charge in [-0.05, 0) is 0 Å². The van der Waals surface area contributed by atoms with Crippen LogP contribution in [0.2, 0.25) is 0 Å². The Labute approximate surface area is 54.2 Å². The molecule has 1 atom stereocenters. The molecule has 0 spiro atoms. The van der Waals surface area contributed by atoms with Crippen molar-refractivity contribution < 1.29 is 14.9 Å². The van der Waals surface area contributed by atoms with E-state index in [0.717, 1.165) is 0 Å². The Hall–Kier alpha value is -0.160. The number of hydrogen-bond donors (Lipinski definition) is 3. The maximum absolute atomic E-state index is 8.49. The predicted octanol–water partition coefficient (Wildman–Crippen LogP) is -1.34. The van der Waals surface area contributed by atoms with Crippen LogP contribution in [0.1, 0.15) is 6.42 Å². The molecule has 0 fully saturated rings. The maximum atomic E-state index is 8.49. The lowest BCUT2D eigenvalue weighted by Crippen LogP contribution is -2.21. The molecule has 0 saturated carbocycles. The Morgan fingerprint density at radius 3 is 2.56 bits per heavy atom. The second-order valence-electron chi connectivity index (χ2n) is 1.69. The van der Waals surface area contributed by atoms with E-state index in [1.54, 1.807) is 0 Å². The highest BCUT2D eigenvalue weighted by Crippen LogP contribution is 1.83. The topological polar surface area (TPSA) is 75.7 Å². The van der Waals surface area contributed by atoms with Crippen LogP contribution in [-0.2, 0) is 4.74 Å². The zero-order valence-corrected chi connectivity index (χ0v) is 5.29. The van der Waals surface area contributed by atoms with Crippen LogP contribution >= 0.6 is 0 Å². The molecule has 4 N–H and O–H groups in total. The van der Waals surface area contributed by atoms with Gasteiger partial charge in [-0.2, -0.15) is 0 Å². The van der Waals surface area contributed by atoms with Crippen LogP contribution in [-0.4, -0.2) is 36.3 Å². The van der Waals surface area contributed by atoms with Gasteiger partial charge in [0.25, 0.3) is 0 Å². The van der Waals surface area contributed by atoms with Crippen molar-refractivity contribution in [2.24, 2.45) is 5.73 Å². The van der Waals surface area contributed by atoms with E-state index >= 15 is 0 Å². The van der Waals surface area contributed by atoms with E-state index in [-0.39, 0.29) is 6.61 Å². The summed E-state index contributed by atoms with van der Waals surface area (Å²) in [6.45, 7) is 0.728. The Bertz CT molecular complexity index is 58.2. The van der Waals surface area contributed by atoms with E-state index in [9.17, 15) is 0 Å². The smallest absolute Gasteiger partial charge is 0.104 e.